The fourth-order valence-electron chi connectivity index (χ4n) is 1.85. The third kappa shape index (κ3) is 2.13. The van der Waals surface area contributed by atoms with E-state index in [1.165, 1.54) is 0 Å². The van der Waals surface area contributed by atoms with Crippen LogP contribution in [0.4, 0.5) is 0 Å². The summed E-state index contributed by atoms with van der Waals surface area (Å²) in [5.74, 6) is 0.706. The normalized spacial score (nSPS) is 16.5. The predicted octanol–water partition coefficient (Wildman–Crippen LogP) is 4.17. The molecule has 0 unspecified atom stereocenters. The molecule has 0 radical (unpaired) electrons. The Kier molecular flexibility index (Phi) is 3.06. The van der Waals surface area contributed by atoms with Gasteiger partial charge < -0.3 is 4.74 Å². The third-order valence-corrected chi connectivity index (χ3v) is 4.03. The molecule has 2 heterocycles. The number of hydrogen-bond acceptors (Lipinski definition) is 3. The van der Waals surface area contributed by atoms with Gasteiger partial charge in [0.2, 0.25) is 0 Å². The maximum absolute atomic E-state index is 12.3. The molecule has 1 aromatic carbocycles. The Labute approximate surface area is 117 Å². The van der Waals surface area contributed by atoms with E-state index in [4.69, 9.17) is 4.74 Å². The van der Waals surface area contributed by atoms with Gasteiger partial charge in [0, 0.05) is 14.9 Å². The number of fused-ring (bicyclic) bond motifs is 1. The van der Waals surface area contributed by atoms with Crippen molar-refractivity contribution in [1.82, 2.24) is 0 Å². The van der Waals surface area contributed by atoms with Crippen molar-refractivity contribution in [2.75, 3.05) is 6.61 Å². The molecule has 90 valence electrons. The zero-order valence-corrected chi connectivity index (χ0v) is 11.8. The molecule has 1 aliphatic heterocycles. The van der Waals surface area contributed by atoms with Crippen LogP contribution in [0.3, 0.4) is 0 Å². The van der Waals surface area contributed by atoms with Crippen molar-refractivity contribution in [3.63, 3.8) is 0 Å². The van der Waals surface area contributed by atoms with Gasteiger partial charge in [-0.2, -0.15) is 0 Å². The molecule has 0 N–H and O–H groups in total. The lowest BCUT2D eigenvalue weighted by molar-refractivity contribution is 0.100. The molecule has 0 atom stereocenters. The molecule has 18 heavy (non-hydrogen) atoms. The summed E-state index contributed by atoms with van der Waals surface area (Å²) >= 11 is 4.98. The molecular weight excluding hydrogens is 312 g/mol. The highest BCUT2D eigenvalue weighted by atomic mass is 79.9. The molecule has 1 aromatic heterocycles. The minimum atomic E-state index is 0.0472. The van der Waals surface area contributed by atoms with E-state index in [2.05, 4.69) is 15.9 Å². The average Bonchev–Trinajstić information content (AvgIpc) is 2.86. The molecule has 0 saturated heterocycles. The minimum absolute atomic E-state index is 0.0472. The van der Waals surface area contributed by atoms with Crippen LogP contribution in [-0.4, -0.2) is 12.4 Å². The number of halogens is 1. The van der Waals surface area contributed by atoms with Crippen LogP contribution in [0.2, 0.25) is 0 Å². The SMILES string of the molecule is O=C1/C(=C\c2cccs2)COc2ccc(Br)cc21. The molecule has 4 heteroatoms. The summed E-state index contributed by atoms with van der Waals surface area (Å²) in [5.41, 5.74) is 1.32. The standard InChI is InChI=1S/C14H9BrO2S/c15-10-3-4-13-12(7-10)14(16)9(8-17-13)6-11-2-1-5-18-11/h1-7H,8H2/b9-6-. The molecular formula is C14H9BrO2S. The lowest BCUT2D eigenvalue weighted by Crippen LogP contribution is -2.18. The van der Waals surface area contributed by atoms with Crippen molar-refractivity contribution in [1.29, 1.82) is 0 Å². The first-order chi connectivity index (χ1) is 8.74. The van der Waals surface area contributed by atoms with Crippen molar-refractivity contribution in [3.05, 3.63) is 56.2 Å². The van der Waals surface area contributed by atoms with Gasteiger partial charge in [0.15, 0.2) is 5.78 Å². The molecule has 0 saturated carbocycles. The smallest absolute Gasteiger partial charge is 0.196 e. The molecule has 2 aromatic rings. The van der Waals surface area contributed by atoms with E-state index in [9.17, 15) is 4.79 Å². The highest BCUT2D eigenvalue weighted by Gasteiger charge is 2.23. The summed E-state index contributed by atoms with van der Waals surface area (Å²) in [4.78, 5) is 13.4. The van der Waals surface area contributed by atoms with Crippen LogP contribution in [0.25, 0.3) is 6.08 Å². The summed E-state index contributed by atoms with van der Waals surface area (Å²) < 4.78 is 6.49. The number of carbonyl (C=O) groups is 1. The van der Waals surface area contributed by atoms with Crippen LogP contribution < -0.4 is 4.74 Å². The van der Waals surface area contributed by atoms with Crippen LogP contribution in [0, 0.1) is 0 Å². The van der Waals surface area contributed by atoms with Gasteiger partial charge in [0.05, 0.1) is 5.56 Å². The zero-order valence-electron chi connectivity index (χ0n) is 9.35. The number of ketones is 1. The lowest BCUT2D eigenvalue weighted by Gasteiger charge is -2.18. The van der Waals surface area contributed by atoms with E-state index >= 15 is 0 Å². The van der Waals surface area contributed by atoms with Crippen LogP contribution in [0.15, 0.2) is 45.8 Å². The van der Waals surface area contributed by atoms with Crippen molar-refractivity contribution in [2.45, 2.75) is 0 Å². The van der Waals surface area contributed by atoms with Crippen molar-refractivity contribution >= 4 is 39.1 Å². The first kappa shape index (κ1) is 11.7. The Balaban J connectivity index is 2.01. The molecule has 3 rings (SSSR count). The van der Waals surface area contributed by atoms with Crippen LogP contribution in [0.1, 0.15) is 15.2 Å². The highest BCUT2D eigenvalue weighted by Crippen LogP contribution is 2.30. The molecule has 0 aliphatic carbocycles. The molecule has 0 amide bonds. The number of hydrogen-bond donors (Lipinski definition) is 0. The Bertz CT molecular complexity index is 629. The Hall–Kier alpha value is -1.39. The predicted molar refractivity (Wildman–Crippen MR) is 76.3 cm³/mol. The summed E-state index contributed by atoms with van der Waals surface area (Å²) in [6, 6.07) is 9.45. The molecule has 1 aliphatic rings. The van der Waals surface area contributed by atoms with Crippen LogP contribution in [0.5, 0.6) is 5.75 Å². The number of rotatable bonds is 1. The minimum Gasteiger partial charge on any atom is -0.488 e. The quantitative estimate of drug-likeness (QED) is 0.737. The molecule has 0 spiro atoms. The van der Waals surface area contributed by atoms with Crippen molar-refractivity contribution < 1.29 is 9.53 Å². The Morgan fingerprint density at radius 1 is 1.33 bits per heavy atom. The fourth-order valence-corrected chi connectivity index (χ4v) is 2.89. The molecule has 0 bridgehead atoms. The number of carbonyl (C=O) groups excluding carboxylic acids is 1. The highest BCUT2D eigenvalue weighted by molar-refractivity contribution is 9.10. The van der Waals surface area contributed by atoms with Gasteiger partial charge in [0.1, 0.15) is 12.4 Å². The van der Waals surface area contributed by atoms with E-state index < -0.39 is 0 Å². The number of benzene rings is 1. The zero-order chi connectivity index (χ0) is 12.5. The summed E-state index contributed by atoms with van der Waals surface area (Å²) in [6.45, 7) is 0.339. The van der Waals surface area contributed by atoms with Gasteiger partial charge in [0.25, 0.3) is 0 Å². The second kappa shape index (κ2) is 4.71. The van der Waals surface area contributed by atoms with E-state index in [1.807, 2.05) is 35.7 Å². The van der Waals surface area contributed by atoms with Crippen LogP contribution in [-0.2, 0) is 0 Å². The van der Waals surface area contributed by atoms with Gasteiger partial charge in [-0.1, -0.05) is 22.0 Å². The number of Topliss-reactive ketones (excluding diaryl/α,β-unsaturated/α-hetero) is 1. The summed E-state index contributed by atoms with van der Waals surface area (Å²) in [7, 11) is 0. The second-order valence-corrected chi connectivity index (χ2v) is 5.84. The first-order valence-corrected chi connectivity index (χ1v) is 7.12. The Morgan fingerprint density at radius 3 is 3.00 bits per heavy atom. The average molecular weight is 321 g/mol. The second-order valence-electron chi connectivity index (χ2n) is 3.94. The van der Waals surface area contributed by atoms with Gasteiger partial charge >= 0.3 is 0 Å². The largest absolute Gasteiger partial charge is 0.488 e. The number of ether oxygens (including phenoxy) is 1. The van der Waals surface area contributed by atoms with Crippen molar-refractivity contribution in [2.24, 2.45) is 0 Å². The third-order valence-electron chi connectivity index (χ3n) is 2.72. The lowest BCUT2D eigenvalue weighted by atomic mass is 10.00. The van der Waals surface area contributed by atoms with Gasteiger partial charge in [-0.3, -0.25) is 4.79 Å². The van der Waals surface area contributed by atoms with Gasteiger partial charge in [-0.25, -0.2) is 0 Å². The first-order valence-electron chi connectivity index (χ1n) is 5.45. The molecule has 2 nitrogen and oxygen atoms in total. The fraction of sp³-hybridized carbons (Fsp3) is 0.0714. The monoisotopic (exact) mass is 320 g/mol. The van der Waals surface area contributed by atoms with Gasteiger partial charge in [-0.15, -0.1) is 11.3 Å². The van der Waals surface area contributed by atoms with E-state index in [0.717, 1.165) is 9.35 Å². The Morgan fingerprint density at radius 2 is 2.22 bits per heavy atom. The topological polar surface area (TPSA) is 26.3 Å². The van der Waals surface area contributed by atoms with E-state index in [1.54, 1.807) is 17.4 Å². The number of thiophene rings is 1. The molecule has 0 fully saturated rings. The van der Waals surface area contributed by atoms with E-state index in [0.29, 0.717) is 23.5 Å². The summed E-state index contributed by atoms with van der Waals surface area (Å²) in [6.07, 6.45) is 1.90. The van der Waals surface area contributed by atoms with Gasteiger partial charge in [-0.05, 0) is 35.7 Å². The maximum atomic E-state index is 12.3. The maximum Gasteiger partial charge on any atom is 0.196 e. The van der Waals surface area contributed by atoms with Crippen LogP contribution >= 0.6 is 27.3 Å². The van der Waals surface area contributed by atoms with E-state index in [-0.39, 0.29) is 5.78 Å². The van der Waals surface area contributed by atoms with Crippen molar-refractivity contribution in [3.8, 4) is 5.75 Å². The summed E-state index contributed by atoms with van der Waals surface area (Å²) in [5, 5.41) is 1.99.